The summed E-state index contributed by atoms with van der Waals surface area (Å²) >= 11 is 0. The molecule has 0 bridgehead atoms. The topological polar surface area (TPSA) is 68.0 Å². The Morgan fingerprint density at radius 2 is 2.24 bits per heavy atom. The molecule has 0 spiro atoms. The first-order valence-corrected chi connectivity index (χ1v) is 6.12. The summed E-state index contributed by atoms with van der Waals surface area (Å²) in [6.07, 6.45) is 5.18. The first-order valence-electron chi connectivity index (χ1n) is 6.12. The number of unbranched alkanes of at least 4 members (excludes halogenated alkanes) is 1. The Balaban J connectivity index is 2.90. The largest absolute Gasteiger partial charge is 0.481 e. The van der Waals surface area contributed by atoms with Gasteiger partial charge in [0.15, 0.2) is 0 Å². The smallest absolute Gasteiger partial charge is 0.310 e. The molecule has 1 N–H and O–H groups in total. The van der Waals surface area contributed by atoms with Gasteiger partial charge >= 0.3 is 5.97 Å². The van der Waals surface area contributed by atoms with E-state index in [1.54, 1.807) is 11.7 Å². The molecule has 1 aromatic heterocycles. The molecule has 0 radical (unpaired) electrons. The Bertz CT molecular complexity index is 376. The molecule has 1 rings (SSSR count). The van der Waals surface area contributed by atoms with Crippen molar-refractivity contribution in [2.24, 2.45) is 12.5 Å². The van der Waals surface area contributed by atoms with Crippen molar-refractivity contribution in [1.82, 2.24) is 14.8 Å². The van der Waals surface area contributed by atoms with Crippen molar-refractivity contribution in [3.63, 3.8) is 0 Å². The molecule has 0 saturated carbocycles. The molecule has 5 heteroatoms. The predicted molar refractivity (Wildman–Crippen MR) is 64.6 cm³/mol. The lowest BCUT2D eigenvalue weighted by atomic mass is 9.77. The molecule has 0 aromatic carbocycles. The van der Waals surface area contributed by atoms with Crippen LogP contribution in [0.4, 0.5) is 0 Å². The lowest BCUT2D eigenvalue weighted by Crippen LogP contribution is -2.33. The summed E-state index contributed by atoms with van der Waals surface area (Å²) in [5.74, 6) is 0.0156. The standard InChI is InChI=1S/C12H21N3O2/c1-4-6-7-12(5-2,11(16)17)8-10-13-9-14-15(10)3/h9H,4-8H2,1-3H3,(H,16,17). The van der Waals surface area contributed by atoms with Crippen LogP contribution in [0.3, 0.4) is 0 Å². The number of aryl methyl sites for hydroxylation is 1. The van der Waals surface area contributed by atoms with E-state index < -0.39 is 11.4 Å². The molecule has 5 nitrogen and oxygen atoms in total. The minimum absolute atomic E-state index is 0.454. The van der Waals surface area contributed by atoms with E-state index in [9.17, 15) is 9.90 Å². The number of carboxylic acid groups (broad SMARTS) is 1. The number of carboxylic acids is 1. The molecule has 0 aliphatic rings. The molecular formula is C12H21N3O2. The highest BCUT2D eigenvalue weighted by molar-refractivity contribution is 5.74. The van der Waals surface area contributed by atoms with Crippen LogP contribution in [0.1, 0.15) is 45.4 Å². The van der Waals surface area contributed by atoms with Crippen LogP contribution in [-0.4, -0.2) is 25.8 Å². The fraction of sp³-hybridized carbons (Fsp3) is 0.750. The molecule has 0 amide bonds. The molecule has 17 heavy (non-hydrogen) atoms. The van der Waals surface area contributed by atoms with Gasteiger partial charge < -0.3 is 5.11 Å². The van der Waals surface area contributed by atoms with Crippen molar-refractivity contribution in [2.75, 3.05) is 0 Å². The highest BCUT2D eigenvalue weighted by atomic mass is 16.4. The zero-order valence-corrected chi connectivity index (χ0v) is 10.8. The number of rotatable bonds is 7. The average Bonchev–Trinajstić information content (AvgIpc) is 2.70. The fourth-order valence-electron chi connectivity index (χ4n) is 2.02. The Hall–Kier alpha value is -1.39. The van der Waals surface area contributed by atoms with Gasteiger partial charge in [0.2, 0.25) is 0 Å². The number of carbonyl (C=O) groups is 1. The number of nitrogens with zero attached hydrogens (tertiary/aromatic N) is 3. The second-order valence-electron chi connectivity index (χ2n) is 4.52. The molecule has 0 saturated heterocycles. The Morgan fingerprint density at radius 3 is 2.65 bits per heavy atom. The third kappa shape index (κ3) is 3.05. The van der Waals surface area contributed by atoms with Gasteiger partial charge in [-0.1, -0.05) is 26.7 Å². The van der Waals surface area contributed by atoms with Crippen LogP contribution in [0.15, 0.2) is 6.33 Å². The van der Waals surface area contributed by atoms with E-state index in [-0.39, 0.29) is 0 Å². The van der Waals surface area contributed by atoms with Crippen LogP contribution in [-0.2, 0) is 18.3 Å². The minimum atomic E-state index is -0.726. The summed E-state index contributed by atoms with van der Waals surface area (Å²) in [4.78, 5) is 15.7. The number of aliphatic carboxylic acids is 1. The van der Waals surface area contributed by atoms with Gasteiger partial charge in [0, 0.05) is 13.5 Å². The molecular weight excluding hydrogens is 218 g/mol. The Kier molecular flexibility index (Phi) is 4.66. The van der Waals surface area contributed by atoms with E-state index in [2.05, 4.69) is 17.0 Å². The molecule has 1 unspecified atom stereocenters. The quantitative estimate of drug-likeness (QED) is 0.790. The van der Waals surface area contributed by atoms with Crippen molar-refractivity contribution >= 4 is 5.97 Å². The summed E-state index contributed by atoms with van der Waals surface area (Å²) in [7, 11) is 1.80. The maximum absolute atomic E-state index is 11.5. The van der Waals surface area contributed by atoms with Crippen LogP contribution in [0.25, 0.3) is 0 Å². The second kappa shape index (κ2) is 5.80. The van der Waals surface area contributed by atoms with Gasteiger partial charge in [-0.05, 0) is 12.8 Å². The van der Waals surface area contributed by atoms with Gasteiger partial charge in [0.1, 0.15) is 12.2 Å². The number of aromatic nitrogens is 3. The van der Waals surface area contributed by atoms with Crippen molar-refractivity contribution in [1.29, 1.82) is 0 Å². The normalized spacial score (nSPS) is 14.5. The molecule has 96 valence electrons. The lowest BCUT2D eigenvalue weighted by molar-refractivity contribution is -0.150. The highest BCUT2D eigenvalue weighted by Crippen LogP contribution is 2.32. The molecule has 1 heterocycles. The summed E-state index contributed by atoms with van der Waals surface area (Å²) in [5, 5.41) is 13.5. The van der Waals surface area contributed by atoms with Crippen LogP contribution >= 0.6 is 0 Å². The van der Waals surface area contributed by atoms with Crippen molar-refractivity contribution < 1.29 is 9.90 Å². The van der Waals surface area contributed by atoms with Crippen LogP contribution in [0, 0.1) is 5.41 Å². The van der Waals surface area contributed by atoms with Crippen molar-refractivity contribution in [3.05, 3.63) is 12.2 Å². The third-order valence-corrected chi connectivity index (χ3v) is 3.44. The second-order valence-corrected chi connectivity index (χ2v) is 4.52. The SMILES string of the molecule is CCCCC(CC)(Cc1ncnn1C)C(=O)O. The van der Waals surface area contributed by atoms with Gasteiger partial charge in [-0.2, -0.15) is 5.10 Å². The first-order chi connectivity index (χ1) is 8.05. The Morgan fingerprint density at radius 1 is 1.53 bits per heavy atom. The van der Waals surface area contributed by atoms with Crippen LogP contribution in [0.5, 0.6) is 0 Å². The molecule has 1 atom stereocenters. The summed E-state index contributed by atoms with van der Waals surface area (Å²) in [5.41, 5.74) is -0.698. The molecule has 0 aliphatic carbocycles. The first kappa shape index (κ1) is 13.7. The minimum Gasteiger partial charge on any atom is -0.481 e. The van der Waals surface area contributed by atoms with Gasteiger partial charge in [0.05, 0.1) is 5.41 Å². The van der Waals surface area contributed by atoms with Gasteiger partial charge in [-0.15, -0.1) is 0 Å². The van der Waals surface area contributed by atoms with E-state index in [1.165, 1.54) is 6.33 Å². The summed E-state index contributed by atoms with van der Waals surface area (Å²) in [6, 6.07) is 0. The lowest BCUT2D eigenvalue weighted by Gasteiger charge is -2.27. The van der Waals surface area contributed by atoms with Gasteiger partial charge in [-0.25, -0.2) is 4.98 Å². The molecule has 0 aliphatic heterocycles. The van der Waals surface area contributed by atoms with Crippen LogP contribution in [0.2, 0.25) is 0 Å². The molecule has 1 aromatic rings. The van der Waals surface area contributed by atoms with Gasteiger partial charge in [0.25, 0.3) is 0 Å². The van der Waals surface area contributed by atoms with E-state index >= 15 is 0 Å². The van der Waals surface area contributed by atoms with Crippen molar-refractivity contribution in [3.8, 4) is 0 Å². The average molecular weight is 239 g/mol. The monoisotopic (exact) mass is 239 g/mol. The van der Waals surface area contributed by atoms with Crippen LogP contribution < -0.4 is 0 Å². The zero-order valence-electron chi connectivity index (χ0n) is 10.8. The van der Waals surface area contributed by atoms with Crippen molar-refractivity contribution in [2.45, 2.75) is 46.0 Å². The maximum Gasteiger partial charge on any atom is 0.310 e. The maximum atomic E-state index is 11.5. The predicted octanol–water partition coefficient (Wildman–Crippen LogP) is 2.03. The van der Waals surface area contributed by atoms with E-state index in [4.69, 9.17) is 0 Å². The zero-order chi connectivity index (χ0) is 12.9. The van der Waals surface area contributed by atoms with E-state index in [1.807, 2.05) is 6.92 Å². The summed E-state index contributed by atoms with van der Waals surface area (Å²) in [6.45, 7) is 4.00. The fourth-order valence-corrected chi connectivity index (χ4v) is 2.02. The van der Waals surface area contributed by atoms with E-state index in [0.29, 0.717) is 19.3 Å². The number of hydrogen-bond donors (Lipinski definition) is 1. The Labute approximate surface area is 102 Å². The van der Waals surface area contributed by atoms with E-state index in [0.717, 1.165) is 18.7 Å². The third-order valence-electron chi connectivity index (χ3n) is 3.44. The highest BCUT2D eigenvalue weighted by Gasteiger charge is 2.37. The summed E-state index contributed by atoms with van der Waals surface area (Å²) < 4.78 is 1.65. The molecule has 0 fully saturated rings. The number of hydrogen-bond acceptors (Lipinski definition) is 3. The van der Waals surface area contributed by atoms with Gasteiger partial charge in [-0.3, -0.25) is 9.48 Å².